The fraction of sp³-hybridized carbons (Fsp3) is 0.438. The lowest BCUT2D eigenvalue weighted by Crippen LogP contribution is -2.36. The molecule has 2 saturated heterocycles. The molecular weight excluding hydrogens is 303 g/mol. The highest BCUT2D eigenvalue weighted by Gasteiger charge is 2.40. The molecular formula is C16H17FN2O4. The van der Waals surface area contributed by atoms with Crippen molar-refractivity contribution in [3.8, 4) is 0 Å². The number of carboxylic acid groups (broad SMARTS) is 1. The summed E-state index contributed by atoms with van der Waals surface area (Å²) in [4.78, 5) is 38.4. The number of carbonyl (C=O) groups is 3. The summed E-state index contributed by atoms with van der Waals surface area (Å²) in [5.41, 5.74) is 0.178. The molecule has 2 heterocycles. The summed E-state index contributed by atoms with van der Waals surface area (Å²) in [7, 11) is 0. The third kappa shape index (κ3) is 2.91. The molecule has 0 saturated carbocycles. The smallest absolute Gasteiger partial charge is 0.308 e. The Kier molecular flexibility index (Phi) is 4.02. The summed E-state index contributed by atoms with van der Waals surface area (Å²) >= 11 is 0. The Bertz CT molecular complexity index is 663. The monoisotopic (exact) mass is 320 g/mol. The van der Waals surface area contributed by atoms with Gasteiger partial charge in [-0.05, 0) is 18.6 Å². The van der Waals surface area contributed by atoms with E-state index in [-0.39, 0.29) is 37.0 Å². The van der Waals surface area contributed by atoms with Gasteiger partial charge in [-0.3, -0.25) is 14.4 Å². The molecule has 1 N–H and O–H groups in total. The maximum atomic E-state index is 13.8. The molecule has 1 aromatic carbocycles. The van der Waals surface area contributed by atoms with Crippen LogP contribution in [0.15, 0.2) is 24.3 Å². The number of anilines is 1. The topological polar surface area (TPSA) is 77.9 Å². The Morgan fingerprint density at radius 2 is 1.91 bits per heavy atom. The molecule has 2 fully saturated rings. The molecule has 0 bridgehead atoms. The standard InChI is InChI=1S/C16H17FN2O4/c17-12-3-1-2-4-13(12)19-9-11(7-14(19)20)15(21)18-6-5-10(8-18)16(22)23/h1-4,10-11H,5-9H2,(H,22,23). The number of hydrogen-bond donors (Lipinski definition) is 1. The van der Waals surface area contributed by atoms with Gasteiger partial charge in [-0.25, -0.2) is 4.39 Å². The lowest BCUT2D eigenvalue weighted by atomic mass is 10.1. The molecule has 2 amide bonds. The highest BCUT2D eigenvalue weighted by atomic mass is 19.1. The molecule has 122 valence electrons. The van der Waals surface area contributed by atoms with Gasteiger partial charge in [0.2, 0.25) is 11.8 Å². The van der Waals surface area contributed by atoms with E-state index in [1.807, 2.05) is 0 Å². The van der Waals surface area contributed by atoms with Gasteiger partial charge in [0.05, 0.1) is 17.5 Å². The van der Waals surface area contributed by atoms with E-state index in [1.54, 1.807) is 6.07 Å². The van der Waals surface area contributed by atoms with Gasteiger partial charge in [-0.15, -0.1) is 0 Å². The van der Waals surface area contributed by atoms with E-state index in [1.165, 1.54) is 28.0 Å². The lowest BCUT2D eigenvalue weighted by Gasteiger charge is -2.21. The molecule has 7 heteroatoms. The fourth-order valence-corrected chi connectivity index (χ4v) is 3.20. The molecule has 6 nitrogen and oxygen atoms in total. The quantitative estimate of drug-likeness (QED) is 0.905. The summed E-state index contributed by atoms with van der Waals surface area (Å²) in [5, 5.41) is 9.00. The molecule has 1 aromatic rings. The number of rotatable bonds is 3. The van der Waals surface area contributed by atoms with Crippen molar-refractivity contribution in [2.75, 3.05) is 24.5 Å². The Labute approximate surface area is 132 Å². The number of nitrogens with zero attached hydrogens (tertiary/aromatic N) is 2. The van der Waals surface area contributed by atoms with Crippen LogP contribution < -0.4 is 4.90 Å². The average molecular weight is 320 g/mol. The van der Waals surface area contributed by atoms with Gasteiger partial charge >= 0.3 is 5.97 Å². The van der Waals surface area contributed by atoms with E-state index >= 15 is 0 Å². The van der Waals surface area contributed by atoms with Crippen LogP contribution in [0.2, 0.25) is 0 Å². The maximum Gasteiger partial charge on any atom is 0.308 e. The zero-order valence-corrected chi connectivity index (χ0v) is 12.4. The lowest BCUT2D eigenvalue weighted by molar-refractivity contribution is -0.141. The number of likely N-dealkylation sites (tertiary alicyclic amines) is 1. The van der Waals surface area contributed by atoms with Crippen molar-refractivity contribution in [3.05, 3.63) is 30.1 Å². The second kappa shape index (κ2) is 5.98. The van der Waals surface area contributed by atoms with E-state index in [0.29, 0.717) is 13.0 Å². The average Bonchev–Trinajstić information content (AvgIpc) is 3.14. The van der Waals surface area contributed by atoms with E-state index < -0.39 is 23.6 Å². The Morgan fingerprint density at radius 1 is 1.17 bits per heavy atom. The van der Waals surface area contributed by atoms with Crippen molar-refractivity contribution in [2.24, 2.45) is 11.8 Å². The number of aliphatic carboxylic acids is 1. The first-order valence-corrected chi connectivity index (χ1v) is 7.54. The normalized spacial score (nSPS) is 24.3. The molecule has 3 rings (SSSR count). The number of carbonyl (C=O) groups excluding carboxylic acids is 2. The number of benzene rings is 1. The zero-order chi connectivity index (χ0) is 16.6. The molecule has 2 aliphatic rings. The van der Waals surface area contributed by atoms with Crippen molar-refractivity contribution < 1.29 is 23.9 Å². The van der Waals surface area contributed by atoms with Crippen LogP contribution in [0.3, 0.4) is 0 Å². The summed E-state index contributed by atoms with van der Waals surface area (Å²) < 4.78 is 13.8. The largest absolute Gasteiger partial charge is 0.481 e. The highest BCUT2D eigenvalue weighted by Crippen LogP contribution is 2.29. The van der Waals surface area contributed by atoms with Crippen molar-refractivity contribution >= 4 is 23.5 Å². The van der Waals surface area contributed by atoms with Gasteiger partial charge in [-0.2, -0.15) is 0 Å². The van der Waals surface area contributed by atoms with Crippen LogP contribution in [-0.2, 0) is 14.4 Å². The van der Waals surface area contributed by atoms with Crippen LogP contribution in [0, 0.1) is 17.7 Å². The van der Waals surface area contributed by atoms with Gasteiger partial charge in [0.15, 0.2) is 0 Å². The second-order valence-corrected chi connectivity index (χ2v) is 5.96. The zero-order valence-electron chi connectivity index (χ0n) is 12.4. The molecule has 0 radical (unpaired) electrons. The van der Waals surface area contributed by atoms with E-state index in [0.717, 1.165) is 0 Å². The molecule has 2 atom stereocenters. The first-order chi connectivity index (χ1) is 11.0. The first kappa shape index (κ1) is 15.5. The SMILES string of the molecule is O=C(O)C1CCN(C(=O)C2CC(=O)N(c3ccccc3F)C2)C1. The summed E-state index contributed by atoms with van der Waals surface area (Å²) in [6.07, 6.45) is 0.459. The molecule has 0 spiro atoms. The third-order valence-electron chi connectivity index (χ3n) is 4.47. The predicted octanol–water partition coefficient (Wildman–Crippen LogP) is 1.11. The third-order valence-corrected chi connectivity index (χ3v) is 4.47. The fourth-order valence-electron chi connectivity index (χ4n) is 3.20. The highest BCUT2D eigenvalue weighted by molar-refractivity contribution is 6.00. The Hall–Kier alpha value is -2.44. The van der Waals surface area contributed by atoms with Crippen LogP contribution in [0.4, 0.5) is 10.1 Å². The van der Waals surface area contributed by atoms with Crippen molar-refractivity contribution in [3.63, 3.8) is 0 Å². The molecule has 2 aliphatic heterocycles. The summed E-state index contributed by atoms with van der Waals surface area (Å²) in [6, 6.07) is 5.96. The van der Waals surface area contributed by atoms with Gasteiger partial charge in [0, 0.05) is 26.1 Å². The van der Waals surface area contributed by atoms with Crippen LogP contribution in [0.1, 0.15) is 12.8 Å². The molecule has 2 unspecified atom stereocenters. The minimum Gasteiger partial charge on any atom is -0.481 e. The van der Waals surface area contributed by atoms with Crippen molar-refractivity contribution in [1.82, 2.24) is 4.90 Å². The van der Waals surface area contributed by atoms with Crippen LogP contribution >= 0.6 is 0 Å². The van der Waals surface area contributed by atoms with E-state index in [4.69, 9.17) is 5.11 Å². The van der Waals surface area contributed by atoms with Gasteiger partial charge in [0.1, 0.15) is 5.82 Å². The van der Waals surface area contributed by atoms with Gasteiger partial charge in [0.25, 0.3) is 0 Å². The number of amides is 2. The number of halogens is 1. The van der Waals surface area contributed by atoms with Crippen LogP contribution in [0.5, 0.6) is 0 Å². The molecule has 0 aliphatic carbocycles. The van der Waals surface area contributed by atoms with E-state index in [9.17, 15) is 18.8 Å². The minimum atomic E-state index is -0.907. The van der Waals surface area contributed by atoms with Gasteiger partial charge in [-0.1, -0.05) is 12.1 Å². The number of hydrogen-bond acceptors (Lipinski definition) is 3. The van der Waals surface area contributed by atoms with E-state index in [2.05, 4.69) is 0 Å². The summed E-state index contributed by atoms with van der Waals surface area (Å²) in [5.74, 6) is -3.01. The molecule has 23 heavy (non-hydrogen) atoms. The number of carboxylic acids is 1. The number of para-hydroxylation sites is 1. The molecule has 0 aromatic heterocycles. The van der Waals surface area contributed by atoms with Crippen LogP contribution in [0.25, 0.3) is 0 Å². The second-order valence-electron chi connectivity index (χ2n) is 5.96. The predicted molar refractivity (Wildman–Crippen MR) is 79.2 cm³/mol. The Morgan fingerprint density at radius 3 is 2.57 bits per heavy atom. The van der Waals surface area contributed by atoms with Crippen LogP contribution in [-0.4, -0.2) is 47.4 Å². The van der Waals surface area contributed by atoms with Crippen molar-refractivity contribution in [2.45, 2.75) is 12.8 Å². The van der Waals surface area contributed by atoms with Gasteiger partial charge < -0.3 is 14.9 Å². The summed E-state index contributed by atoms with van der Waals surface area (Å²) in [6.45, 7) is 0.700. The Balaban J connectivity index is 1.69. The minimum absolute atomic E-state index is 0.0292. The first-order valence-electron chi connectivity index (χ1n) is 7.54. The van der Waals surface area contributed by atoms with Crippen molar-refractivity contribution in [1.29, 1.82) is 0 Å². The maximum absolute atomic E-state index is 13.8.